The van der Waals surface area contributed by atoms with Gasteiger partial charge in [-0.3, -0.25) is 0 Å². The topological polar surface area (TPSA) is 29.5 Å². The van der Waals surface area contributed by atoms with Crippen molar-refractivity contribution >= 4 is 5.57 Å². The van der Waals surface area contributed by atoms with Crippen molar-refractivity contribution in [2.24, 2.45) is 0 Å². The highest BCUT2D eigenvalue weighted by molar-refractivity contribution is 5.78. The monoisotopic (exact) mass is 232 g/mol. The third kappa shape index (κ3) is 1.72. The van der Waals surface area contributed by atoms with Gasteiger partial charge in [0.1, 0.15) is 17.1 Å². The Kier molecular flexibility index (Phi) is 2.49. The van der Waals surface area contributed by atoms with Crippen molar-refractivity contribution < 1.29 is 9.84 Å². The molecular formula is C15H20O2. The van der Waals surface area contributed by atoms with Gasteiger partial charge in [-0.15, -0.1) is 0 Å². The molecule has 0 amide bonds. The Labute approximate surface area is 103 Å². The van der Waals surface area contributed by atoms with E-state index in [4.69, 9.17) is 4.74 Å². The molecule has 1 aromatic carbocycles. The molecule has 0 atom stereocenters. The highest BCUT2D eigenvalue weighted by atomic mass is 16.5. The fourth-order valence-corrected chi connectivity index (χ4v) is 2.57. The Morgan fingerprint density at radius 1 is 1.12 bits per heavy atom. The fraction of sp³-hybridized carbons (Fsp3) is 0.467. The number of phenolic OH excluding ortho intramolecular Hbond substituents is 1. The Balaban J connectivity index is 2.77. The maximum absolute atomic E-state index is 10.1. The summed E-state index contributed by atoms with van der Waals surface area (Å²) in [5.41, 5.74) is 4.61. The summed E-state index contributed by atoms with van der Waals surface area (Å²) in [5, 5.41) is 10.1. The average Bonchev–Trinajstić information content (AvgIpc) is 2.21. The summed E-state index contributed by atoms with van der Waals surface area (Å²) in [6.07, 6.45) is 0.794. The molecule has 2 heteroatoms. The molecule has 0 unspecified atom stereocenters. The summed E-state index contributed by atoms with van der Waals surface area (Å²) in [6.45, 7) is 14.1. The highest BCUT2D eigenvalue weighted by Gasteiger charge is 2.32. The molecule has 0 radical (unpaired) electrons. The van der Waals surface area contributed by atoms with Crippen LogP contribution in [0.15, 0.2) is 6.58 Å². The average molecular weight is 232 g/mol. The summed E-state index contributed by atoms with van der Waals surface area (Å²) in [6, 6.07) is 0. The number of aromatic hydroxyl groups is 1. The van der Waals surface area contributed by atoms with Crippen LogP contribution in [0, 0.1) is 20.8 Å². The molecule has 0 saturated carbocycles. The number of hydrogen-bond donors (Lipinski definition) is 1. The van der Waals surface area contributed by atoms with Crippen LogP contribution >= 0.6 is 0 Å². The van der Waals surface area contributed by atoms with E-state index in [-0.39, 0.29) is 5.60 Å². The smallest absolute Gasteiger partial charge is 0.131 e. The van der Waals surface area contributed by atoms with Crippen molar-refractivity contribution in [1.82, 2.24) is 0 Å². The summed E-state index contributed by atoms with van der Waals surface area (Å²) in [5.74, 6) is 1.25. The van der Waals surface area contributed by atoms with Crippen LogP contribution in [0.5, 0.6) is 11.5 Å². The molecule has 2 rings (SSSR count). The molecule has 17 heavy (non-hydrogen) atoms. The minimum absolute atomic E-state index is 0.218. The maximum Gasteiger partial charge on any atom is 0.131 e. The van der Waals surface area contributed by atoms with E-state index < -0.39 is 0 Å². The molecule has 0 fully saturated rings. The lowest BCUT2D eigenvalue weighted by molar-refractivity contribution is 0.106. The van der Waals surface area contributed by atoms with Crippen LogP contribution in [0.2, 0.25) is 0 Å². The quantitative estimate of drug-likeness (QED) is 0.735. The molecule has 1 aliphatic heterocycles. The van der Waals surface area contributed by atoms with Crippen LogP contribution in [0.4, 0.5) is 0 Å². The molecule has 2 nitrogen and oxygen atoms in total. The Morgan fingerprint density at radius 3 is 2.29 bits per heavy atom. The van der Waals surface area contributed by atoms with Gasteiger partial charge in [0, 0.05) is 17.5 Å². The zero-order chi connectivity index (χ0) is 13.0. The second kappa shape index (κ2) is 3.52. The molecule has 1 aliphatic rings. The Hall–Kier alpha value is -1.44. The predicted molar refractivity (Wildman–Crippen MR) is 70.7 cm³/mol. The number of benzene rings is 1. The molecule has 0 aromatic heterocycles. The van der Waals surface area contributed by atoms with Crippen molar-refractivity contribution in [2.45, 2.75) is 46.6 Å². The number of phenols is 1. The van der Waals surface area contributed by atoms with E-state index in [1.54, 1.807) is 0 Å². The van der Waals surface area contributed by atoms with Crippen molar-refractivity contribution in [2.75, 3.05) is 0 Å². The van der Waals surface area contributed by atoms with Crippen LogP contribution < -0.4 is 4.74 Å². The summed E-state index contributed by atoms with van der Waals surface area (Å²) in [7, 11) is 0. The third-order valence-corrected chi connectivity index (χ3v) is 3.59. The number of fused-ring (bicyclic) bond motifs is 1. The standard InChI is InChI=1S/C15H20O2/c1-8-7-15(5,6)17-14-10(3)9(2)13(16)11(4)12(8)14/h16H,1,7H2,2-6H3. The van der Waals surface area contributed by atoms with Crippen molar-refractivity contribution in [3.05, 3.63) is 28.8 Å². The largest absolute Gasteiger partial charge is 0.507 e. The summed E-state index contributed by atoms with van der Waals surface area (Å²) >= 11 is 0. The molecular weight excluding hydrogens is 212 g/mol. The first kappa shape index (κ1) is 12.0. The van der Waals surface area contributed by atoms with Crippen LogP contribution in [0.25, 0.3) is 5.57 Å². The van der Waals surface area contributed by atoms with Gasteiger partial charge < -0.3 is 9.84 Å². The van der Waals surface area contributed by atoms with Gasteiger partial charge in [0.2, 0.25) is 0 Å². The fourth-order valence-electron chi connectivity index (χ4n) is 2.57. The van der Waals surface area contributed by atoms with Crippen molar-refractivity contribution in [1.29, 1.82) is 0 Å². The SMILES string of the molecule is C=C1CC(C)(C)Oc2c(C)c(C)c(O)c(C)c21. The Bertz CT molecular complexity index is 510. The van der Waals surface area contributed by atoms with Gasteiger partial charge in [-0.05, 0) is 51.3 Å². The summed E-state index contributed by atoms with van der Waals surface area (Å²) in [4.78, 5) is 0. The van der Waals surface area contributed by atoms with Crippen LogP contribution in [0.3, 0.4) is 0 Å². The minimum Gasteiger partial charge on any atom is -0.507 e. The van der Waals surface area contributed by atoms with Crippen LogP contribution in [0.1, 0.15) is 42.5 Å². The van der Waals surface area contributed by atoms with Gasteiger partial charge in [-0.1, -0.05) is 6.58 Å². The van der Waals surface area contributed by atoms with E-state index in [0.717, 1.165) is 40.0 Å². The first-order valence-electron chi connectivity index (χ1n) is 5.94. The predicted octanol–water partition coefficient (Wildman–Crippen LogP) is 3.89. The second-order valence-corrected chi connectivity index (χ2v) is 5.57. The van der Waals surface area contributed by atoms with Gasteiger partial charge in [0.25, 0.3) is 0 Å². The van der Waals surface area contributed by atoms with Crippen LogP contribution in [-0.2, 0) is 0 Å². The third-order valence-electron chi connectivity index (χ3n) is 3.59. The minimum atomic E-state index is -0.218. The molecule has 1 aromatic rings. The first-order valence-corrected chi connectivity index (χ1v) is 5.94. The van der Waals surface area contributed by atoms with Gasteiger partial charge >= 0.3 is 0 Å². The maximum atomic E-state index is 10.1. The summed E-state index contributed by atoms with van der Waals surface area (Å²) < 4.78 is 6.07. The second-order valence-electron chi connectivity index (χ2n) is 5.57. The lowest BCUT2D eigenvalue weighted by Gasteiger charge is -2.36. The zero-order valence-electron chi connectivity index (χ0n) is 11.3. The van der Waals surface area contributed by atoms with Crippen LogP contribution in [-0.4, -0.2) is 10.7 Å². The number of hydrogen-bond acceptors (Lipinski definition) is 2. The van der Waals surface area contributed by atoms with E-state index in [9.17, 15) is 5.11 Å². The lowest BCUT2D eigenvalue weighted by atomic mass is 9.85. The molecule has 0 saturated heterocycles. The van der Waals surface area contributed by atoms with E-state index in [1.165, 1.54) is 0 Å². The molecule has 92 valence electrons. The highest BCUT2D eigenvalue weighted by Crippen LogP contribution is 2.47. The molecule has 1 N–H and O–H groups in total. The van der Waals surface area contributed by atoms with E-state index in [1.807, 2.05) is 20.8 Å². The van der Waals surface area contributed by atoms with Gasteiger partial charge in [0.05, 0.1) is 0 Å². The molecule has 0 aliphatic carbocycles. The molecule has 1 heterocycles. The zero-order valence-corrected chi connectivity index (χ0v) is 11.3. The van der Waals surface area contributed by atoms with E-state index in [2.05, 4.69) is 20.4 Å². The lowest BCUT2D eigenvalue weighted by Crippen LogP contribution is -2.32. The van der Waals surface area contributed by atoms with Crippen molar-refractivity contribution in [3.63, 3.8) is 0 Å². The van der Waals surface area contributed by atoms with Crippen molar-refractivity contribution in [3.8, 4) is 11.5 Å². The molecule has 0 spiro atoms. The Morgan fingerprint density at radius 2 is 1.71 bits per heavy atom. The van der Waals surface area contributed by atoms with Gasteiger partial charge in [-0.25, -0.2) is 0 Å². The van der Waals surface area contributed by atoms with Gasteiger partial charge in [-0.2, -0.15) is 0 Å². The van der Waals surface area contributed by atoms with E-state index in [0.29, 0.717) is 5.75 Å². The normalized spacial score (nSPS) is 17.6. The number of rotatable bonds is 0. The molecule has 0 bridgehead atoms. The van der Waals surface area contributed by atoms with Gasteiger partial charge in [0.15, 0.2) is 0 Å². The van der Waals surface area contributed by atoms with E-state index >= 15 is 0 Å². The number of ether oxygens (including phenoxy) is 1. The first-order chi connectivity index (χ1) is 7.74.